The third-order valence-electron chi connectivity index (χ3n) is 3.56. The van der Waals surface area contributed by atoms with E-state index < -0.39 is 6.10 Å². The van der Waals surface area contributed by atoms with Crippen molar-refractivity contribution in [2.24, 2.45) is 0 Å². The van der Waals surface area contributed by atoms with Crippen molar-refractivity contribution in [3.8, 4) is 0 Å². The maximum Gasteiger partial charge on any atom is 0.0793 e. The number of aryl methyl sites for hydroxylation is 1. The number of hydrogen-bond donors (Lipinski definition) is 1. The highest BCUT2D eigenvalue weighted by molar-refractivity contribution is 5.78. The highest BCUT2D eigenvalue weighted by atomic mass is 16.3. The van der Waals surface area contributed by atoms with Gasteiger partial charge >= 0.3 is 0 Å². The largest absolute Gasteiger partial charge is 0.388 e. The molecule has 3 aromatic rings. The van der Waals surface area contributed by atoms with E-state index in [4.69, 9.17) is 0 Å². The predicted octanol–water partition coefficient (Wildman–Crippen LogP) is 3.90. The molecule has 0 aliphatic rings. The van der Waals surface area contributed by atoms with Gasteiger partial charge in [0.25, 0.3) is 0 Å². The smallest absolute Gasteiger partial charge is 0.0793 e. The van der Waals surface area contributed by atoms with E-state index in [2.05, 4.69) is 23.2 Å². The van der Waals surface area contributed by atoms with E-state index in [1.165, 1.54) is 5.56 Å². The molecule has 100 valence electrons. The average Bonchev–Trinajstić information content (AvgIpc) is 2.53. The summed E-state index contributed by atoms with van der Waals surface area (Å²) in [6, 6.07) is 20.1. The molecule has 0 fully saturated rings. The van der Waals surface area contributed by atoms with Crippen LogP contribution in [-0.4, -0.2) is 10.1 Å². The van der Waals surface area contributed by atoms with Crippen molar-refractivity contribution in [2.45, 2.75) is 18.9 Å². The van der Waals surface area contributed by atoms with Gasteiger partial charge in [-0.3, -0.25) is 4.98 Å². The minimum absolute atomic E-state index is 0.402. The van der Waals surface area contributed by atoms with Crippen molar-refractivity contribution in [1.82, 2.24) is 4.98 Å². The zero-order valence-electron chi connectivity index (χ0n) is 11.2. The van der Waals surface area contributed by atoms with Gasteiger partial charge in [0.05, 0.1) is 11.6 Å². The molecule has 1 unspecified atom stereocenters. The summed E-state index contributed by atoms with van der Waals surface area (Å²) in [5.41, 5.74) is 3.23. The third-order valence-corrected chi connectivity index (χ3v) is 3.56. The minimum atomic E-state index is -0.402. The van der Waals surface area contributed by atoms with E-state index in [1.807, 2.05) is 42.5 Å². The fourth-order valence-electron chi connectivity index (χ4n) is 2.43. The average molecular weight is 263 g/mol. The Morgan fingerprint density at radius 2 is 1.80 bits per heavy atom. The molecular formula is C18H17NO. The van der Waals surface area contributed by atoms with Crippen molar-refractivity contribution in [3.05, 3.63) is 78.0 Å². The lowest BCUT2D eigenvalue weighted by atomic mass is 10.0. The molecule has 20 heavy (non-hydrogen) atoms. The number of aliphatic hydroxyl groups excluding tert-OH is 1. The number of aliphatic hydroxyl groups is 1. The summed E-state index contributed by atoms with van der Waals surface area (Å²) in [7, 11) is 0. The molecule has 1 heterocycles. The van der Waals surface area contributed by atoms with Crippen LogP contribution in [0, 0.1) is 0 Å². The van der Waals surface area contributed by atoms with Crippen molar-refractivity contribution >= 4 is 10.9 Å². The molecule has 2 heteroatoms. The zero-order valence-corrected chi connectivity index (χ0v) is 11.2. The number of nitrogens with zero attached hydrogens (tertiary/aromatic N) is 1. The maximum absolute atomic E-state index is 10.2. The molecule has 0 amide bonds. The fourth-order valence-corrected chi connectivity index (χ4v) is 2.43. The monoisotopic (exact) mass is 263 g/mol. The Labute approximate surface area is 118 Å². The van der Waals surface area contributed by atoms with Crippen LogP contribution in [0.5, 0.6) is 0 Å². The van der Waals surface area contributed by atoms with Gasteiger partial charge in [0.2, 0.25) is 0 Å². The Kier molecular flexibility index (Phi) is 3.75. The fraction of sp³-hybridized carbons (Fsp3) is 0.167. The van der Waals surface area contributed by atoms with E-state index in [9.17, 15) is 5.11 Å². The van der Waals surface area contributed by atoms with E-state index in [0.717, 1.165) is 29.3 Å². The van der Waals surface area contributed by atoms with Crippen molar-refractivity contribution in [1.29, 1.82) is 0 Å². The summed E-state index contributed by atoms with van der Waals surface area (Å²) >= 11 is 0. The van der Waals surface area contributed by atoms with Gasteiger partial charge in [0, 0.05) is 11.6 Å². The summed E-state index contributed by atoms with van der Waals surface area (Å²) in [5, 5.41) is 11.3. The highest BCUT2D eigenvalue weighted by Gasteiger charge is 2.07. The number of fused-ring (bicyclic) bond motifs is 1. The van der Waals surface area contributed by atoms with Crippen LogP contribution in [0.25, 0.3) is 10.9 Å². The van der Waals surface area contributed by atoms with Crippen molar-refractivity contribution in [3.63, 3.8) is 0 Å². The van der Waals surface area contributed by atoms with E-state index in [-0.39, 0.29) is 0 Å². The van der Waals surface area contributed by atoms with Gasteiger partial charge in [0.1, 0.15) is 0 Å². The van der Waals surface area contributed by atoms with Gasteiger partial charge < -0.3 is 5.11 Å². The SMILES string of the molecule is OC(CCc1ccc2ncccc2c1)c1ccccc1. The first-order valence-electron chi connectivity index (χ1n) is 6.89. The predicted molar refractivity (Wildman–Crippen MR) is 81.5 cm³/mol. The number of aromatic nitrogens is 1. The lowest BCUT2D eigenvalue weighted by Crippen LogP contribution is -1.99. The molecular weight excluding hydrogens is 246 g/mol. The first-order valence-corrected chi connectivity index (χ1v) is 6.89. The second kappa shape index (κ2) is 5.85. The molecule has 1 aromatic heterocycles. The van der Waals surface area contributed by atoms with E-state index in [1.54, 1.807) is 6.20 Å². The van der Waals surface area contributed by atoms with Crippen molar-refractivity contribution < 1.29 is 5.11 Å². The number of rotatable bonds is 4. The van der Waals surface area contributed by atoms with Gasteiger partial charge in [-0.15, -0.1) is 0 Å². The number of benzene rings is 2. The van der Waals surface area contributed by atoms with Crippen LogP contribution in [0.2, 0.25) is 0 Å². The Balaban J connectivity index is 1.70. The van der Waals surface area contributed by atoms with Crippen LogP contribution < -0.4 is 0 Å². The Hall–Kier alpha value is -2.19. The normalized spacial score (nSPS) is 12.4. The quantitative estimate of drug-likeness (QED) is 0.774. The topological polar surface area (TPSA) is 33.1 Å². The van der Waals surface area contributed by atoms with Gasteiger partial charge in [-0.1, -0.05) is 42.5 Å². The van der Waals surface area contributed by atoms with Crippen LogP contribution in [-0.2, 0) is 6.42 Å². The van der Waals surface area contributed by atoms with Crippen LogP contribution in [0.4, 0.5) is 0 Å². The van der Waals surface area contributed by atoms with Crippen LogP contribution >= 0.6 is 0 Å². The molecule has 0 bridgehead atoms. The molecule has 0 saturated heterocycles. The lowest BCUT2D eigenvalue weighted by molar-refractivity contribution is 0.168. The molecule has 0 aliphatic heterocycles. The standard InChI is InChI=1S/C18H17NO/c20-18(15-5-2-1-3-6-15)11-9-14-8-10-17-16(13-14)7-4-12-19-17/h1-8,10,12-13,18,20H,9,11H2. The molecule has 0 radical (unpaired) electrons. The number of pyridine rings is 1. The third kappa shape index (κ3) is 2.86. The molecule has 3 rings (SSSR count). The molecule has 1 N–H and O–H groups in total. The van der Waals surface area contributed by atoms with Crippen LogP contribution in [0.3, 0.4) is 0 Å². The van der Waals surface area contributed by atoms with E-state index in [0.29, 0.717) is 0 Å². The summed E-state index contributed by atoms with van der Waals surface area (Å²) in [4.78, 5) is 4.32. The van der Waals surface area contributed by atoms with E-state index >= 15 is 0 Å². The molecule has 2 nitrogen and oxygen atoms in total. The summed E-state index contributed by atoms with van der Waals surface area (Å²) < 4.78 is 0. The lowest BCUT2D eigenvalue weighted by Gasteiger charge is -2.11. The molecule has 0 saturated carbocycles. The van der Waals surface area contributed by atoms with Gasteiger partial charge in [-0.05, 0) is 42.2 Å². The highest BCUT2D eigenvalue weighted by Crippen LogP contribution is 2.20. The second-order valence-corrected chi connectivity index (χ2v) is 5.00. The summed E-state index contributed by atoms with van der Waals surface area (Å²) in [5.74, 6) is 0. The second-order valence-electron chi connectivity index (χ2n) is 5.00. The van der Waals surface area contributed by atoms with Crippen molar-refractivity contribution in [2.75, 3.05) is 0 Å². The molecule has 0 spiro atoms. The molecule has 2 aromatic carbocycles. The minimum Gasteiger partial charge on any atom is -0.388 e. The van der Waals surface area contributed by atoms with Gasteiger partial charge in [-0.2, -0.15) is 0 Å². The summed E-state index contributed by atoms with van der Waals surface area (Å²) in [6.07, 6.45) is 3.00. The van der Waals surface area contributed by atoms with Crippen LogP contribution in [0.1, 0.15) is 23.7 Å². The Morgan fingerprint density at radius 3 is 2.65 bits per heavy atom. The number of hydrogen-bond acceptors (Lipinski definition) is 2. The Bertz CT molecular complexity index is 694. The molecule has 1 atom stereocenters. The zero-order chi connectivity index (χ0) is 13.8. The first-order chi connectivity index (χ1) is 9.83. The maximum atomic E-state index is 10.2. The van der Waals surface area contributed by atoms with Gasteiger partial charge in [-0.25, -0.2) is 0 Å². The van der Waals surface area contributed by atoms with Gasteiger partial charge in [0.15, 0.2) is 0 Å². The Morgan fingerprint density at radius 1 is 0.950 bits per heavy atom. The van der Waals surface area contributed by atoms with Crippen LogP contribution in [0.15, 0.2) is 66.9 Å². The molecule has 0 aliphatic carbocycles. The first kappa shape index (κ1) is 12.8. The summed E-state index contributed by atoms with van der Waals surface area (Å²) in [6.45, 7) is 0.